The van der Waals surface area contributed by atoms with Crippen LogP contribution in [0.1, 0.15) is 92.9 Å². The fourth-order valence-electron chi connectivity index (χ4n) is 3.00. The number of rotatable bonds is 16. The van der Waals surface area contributed by atoms with Gasteiger partial charge >= 0.3 is 0 Å². The highest BCUT2D eigenvalue weighted by Crippen LogP contribution is 2.37. The largest absolute Gasteiger partial charge is 0.756 e. The summed E-state index contributed by atoms with van der Waals surface area (Å²) in [5, 5.41) is 0. The molecule has 0 aromatic carbocycles. The molecule has 0 atom stereocenters. The van der Waals surface area contributed by atoms with E-state index in [0.717, 1.165) is 0 Å². The maximum atomic E-state index is 10.4. The zero-order valence-corrected chi connectivity index (χ0v) is 19.3. The monoisotopic (exact) mass is 395 g/mol. The molecule has 0 heterocycles. The van der Waals surface area contributed by atoms with Crippen LogP contribution in [0, 0.1) is 0 Å². The van der Waals surface area contributed by atoms with Gasteiger partial charge in [-0.2, -0.15) is 0 Å². The average Bonchev–Trinajstić information content (AvgIpc) is 2.61. The van der Waals surface area contributed by atoms with Crippen LogP contribution in [0.2, 0.25) is 0 Å². The second kappa shape index (κ2) is 18.4. The summed E-state index contributed by atoms with van der Waals surface area (Å²) < 4.78 is 20.3. The first kappa shape index (κ1) is 28.3. The SMILES string of the molecule is CCCC[N+](CCCC)(CCCC)CCCC.CCOP(=O)([O-])OCC. The maximum Gasteiger partial charge on any atom is 0.267 e. The molecular weight excluding hydrogens is 349 g/mol. The van der Waals surface area contributed by atoms with Crippen molar-refractivity contribution in [2.75, 3.05) is 39.4 Å². The van der Waals surface area contributed by atoms with Crippen molar-refractivity contribution in [1.29, 1.82) is 0 Å². The van der Waals surface area contributed by atoms with Crippen molar-refractivity contribution in [3.05, 3.63) is 0 Å². The van der Waals surface area contributed by atoms with Crippen molar-refractivity contribution in [2.24, 2.45) is 0 Å². The molecule has 0 amide bonds. The van der Waals surface area contributed by atoms with Crippen molar-refractivity contribution < 1.29 is 23.0 Å². The second-order valence-electron chi connectivity index (χ2n) is 6.93. The maximum absolute atomic E-state index is 10.4. The van der Waals surface area contributed by atoms with Gasteiger partial charge in [0, 0.05) is 0 Å². The molecule has 26 heavy (non-hydrogen) atoms. The third-order valence-corrected chi connectivity index (χ3v) is 5.67. The summed E-state index contributed by atoms with van der Waals surface area (Å²) in [6.07, 6.45) is 11.1. The molecule has 0 N–H and O–H groups in total. The third kappa shape index (κ3) is 16.3. The Balaban J connectivity index is 0. The van der Waals surface area contributed by atoms with Gasteiger partial charge in [0.25, 0.3) is 7.82 Å². The molecule has 0 bridgehead atoms. The van der Waals surface area contributed by atoms with Crippen molar-refractivity contribution in [2.45, 2.75) is 92.9 Å². The van der Waals surface area contributed by atoms with Crippen molar-refractivity contribution >= 4 is 7.82 Å². The topological polar surface area (TPSA) is 58.6 Å². The Bertz CT molecular complexity index is 292. The molecule has 0 fully saturated rings. The van der Waals surface area contributed by atoms with E-state index in [1.807, 2.05) is 0 Å². The molecule has 0 saturated carbocycles. The lowest BCUT2D eigenvalue weighted by molar-refractivity contribution is -0.929. The van der Waals surface area contributed by atoms with Crippen LogP contribution in [0.15, 0.2) is 0 Å². The number of nitrogens with zero attached hydrogens (tertiary/aromatic N) is 1. The molecule has 0 aliphatic rings. The molecule has 0 aromatic rings. The lowest BCUT2D eigenvalue weighted by atomic mass is 10.1. The standard InChI is InChI=1S/C16H36N.C4H11O4P/c1-5-9-13-17(14-10-6-2,15-11-7-3)16-12-8-4;1-3-7-9(5,6)8-4-2/h5-16H2,1-4H3;3-4H2,1-2H3,(H,5,6)/q+1;/p-1. The van der Waals surface area contributed by atoms with Crippen LogP contribution in [-0.2, 0) is 13.6 Å². The smallest absolute Gasteiger partial charge is 0.267 e. The Kier molecular flexibility index (Phi) is 20.1. The minimum Gasteiger partial charge on any atom is -0.756 e. The molecule has 6 heteroatoms. The van der Waals surface area contributed by atoms with Crippen molar-refractivity contribution in [3.8, 4) is 0 Å². The lowest BCUT2D eigenvalue weighted by Crippen LogP contribution is -2.50. The number of unbranched alkanes of at least 4 members (excludes halogenated alkanes) is 4. The van der Waals surface area contributed by atoms with E-state index < -0.39 is 7.82 Å². The highest BCUT2D eigenvalue weighted by molar-refractivity contribution is 7.45. The molecule has 0 rings (SSSR count). The van der Waals surface area contributed by atoms with Crippen LogP contribution in [0.4, 0.5) is 0 Å². The Morgan fingerprint density at radius 2 is 0.923 bits per heavy atom. The van der Waals surface area contributed by atoms with Gasteiger partial charge in [-0.25, -0.2) is 0 Å². The predicted octanol–water partition coefficient (Wildman–Crippen LogP) is 5.53. The average molecular weight is 396 g/mol. The molecule has 0 saturated heterocycles. The molecule has 0 radical (unpaired) electrons. The first-order valence-electron chi connectivity index (χ1n) is 10.8. The van der Waals surface area contributed by atoms with Crippen LogP contribution >= 0.6 is 7.82 Å². The number of quaternary nitrogens is 1. The molecule has 160 valence electrons. The fraction of sp³-hybridized carbons (Fsp3) is 1.00. The van der Waals surface area contributed by atoms with Gasteiger partial charge in [-0.3, -0.25) is 4.57 Å². The fourth-order valence-corrected chi connectivity index (χ4v) is 3.71. The summed E-state index contributed by atoms with van der Waals surface area (Å²) in [7, 11) is -3.94. The summed E-state index contributed by atoms with van der Waals surface area (Å²) in [4.78, 5) is 10.4. The normalized spacial score (nSPS) is 12.0. The lowest BCUT2D eigenvalue weighted by Gasteiger charge is -2.39. The van der Waals surface area contributed by atoms with Gasteiger partial charge in [0.2, 0.25) is 0 Å². The van der Waals surface area contributed by atoms with Crippen LogP contribution in [0.25, 0.3) is 0 Å². The molecule has 0 aliphatic heterocycles. The van der Waals surface area contributed by atoms with E-state index in [9.17, 15) is 9.46 Å². The van der Waals surface area contributed by atoms with E-state index in [4.69, 9.17) is 0 Å². The highest BCUT2D eigenvalue weighted by atomic mass is 31.2. The number of phosphoric ester groups is 1. The van der Waals surface area contributed by atoms with Crippen molar-refractivity contribution in [3.63, 3.8) is 0 Å². The summed E-state index contributed by atoms with van der Waals surface area (Å²) in [5.41, 5.74) is 0. The summed E-state index contributed by atoms with van der Waals surface area (Å²) in [5.74, 6) is 0. The third-order valence-electron chi connectivity index (χ3n) is 4.52. The molecule has 0 spiro atoms. The molecule has 5 nitrogen and oxygen atoms in total. The van der Waals surface area contributed by atoms with E-state index in [2.05, 4.69) is 36.7 Å². The van der Waals surface area contributed by atoms with E-state index in [1.54, 1.807) is 13.8 Å². The van der Waals surface area contributed by atoms with Gasteiger partial charge in [0.05, 0.1) is 39.4 Å². The van der Waals surface area contributed by atoms with E-state index >= 15 is 0 Å². The Morgan fingerprint density at radius 1 is 0.654 bits per heavy atom. The van der Waals surface area contributed by atoms with Gasteiger partial charge < -0.3 is 18.4 Å². The van der Waals surface area contributed by atoms with Gasteiger partial charge in [0.15, 0.2) is 0 Å². The van der Waals surface area contributed by atoms with Crippen LogP contribution < -0.4 is 4.89 Å². The first-order chi connectivity index (χ1) is 12.4. The zero-order valence-electron chi connectivity index (χ0n) is 18.4. The van der Waals surface area contributed by atoms with Crippen LogP contribution in [-0.4, -0.2) is 43.9 Å². The van der Waals surface area contributed by atoms with E-state index in [0.29, 0.717) is 0 Å². The minimum absolute atomic E-state index is 0.126. The Morgan fingerprint density at radius 3 is 1.12 bits per heavy atom. The summed E-state index contributed by atoms with van der Waals surface area (Å²) >= 11 is 0. The van der Waals surface area contributed by atoms with E-state index in [1.165, 1.54) is 82.0 Å². The van der Waals surface area contributed by atoms with E-state index in [-0.39, 0.29) is 13.2 Å². The quantitative estimate of drug-likeness (QED) is 0.255. The Hall–Kier alpha value is 0.0700. The predicted molar refractivity (Wildman–Crippen MR) is 110 cm³/mol. The number of phosphoric acid groups is 1. The molecule has 0 unspecified atom stereocenters. The second-order valence-corrected chi connectivity index (χ2v) is 8.34. The Labute approximate surface area is 163 Å². The number of hydrogen-bond acceptors (Lipinski definition) is 4. The van der Waals surface area contributed by atoms with Gasteiger partial charge in [0.1, 0.15) is 0 Å². The minimum atomic E-state index is -3.94. The van der Waals surface area contributed by atoms with Crippen LogP contribution in [0.5, 0.6) is 0 Å². The molecule has 0 aromatic heterocycles. The molecule has 0 aliphatic carbocycles. The van der Waals surface area contributed by atoms with Crippen molar-refractivity contribution in [1.82, 2.24) is 0 Å². The van der Waals surface area contributed by atoms with Gasteiger partial charge in [-0.15, -0.1) is 0 Å². The first-order valence-corrected chi connectivity index (χ1v) is 12.3. The number of hydrogen-bond donors (Lipinski definition) is 0. The summed E-state index contributed by atoms with van der Waals surface area (Å²) in [6, 6.07) is 0. The van der Waals surface area contributed by atoms with Gasteiger partial charge in [-0.1, -0.05) is 53.4 Å². The van der Waals surface area contributed by atoms with Crippen LogP contribution in [0.3, 0.4) is 0 Å². The summed E-state index contributed by atoms with van der Waals surface area (Å²) in [6.45, 7) is 18.4. The van der Waals surface area contributed by atoms with Gasteiger partial charge in [-0.05, 0) is 39.5 Å². The zero-order chi connectivity index (χ0) is 20.3. The molecular formula is C20H46NO4P. The highest BCUT2D eigenvalue weighted by Gasteiger charge is 2.24.